The van der Waals surface area contributed by atoms with Gasteiger partial charge in [0.2, 0.25) is 0 Å². The minimum atomic E-state index is -0.833. The lowest BCUT2D eigenvalue weighted by molar-refractivity contribution is -0.134. The third-order valence-electron chi connectivity index (χ3n) is 2.67. The zero-order valence-corrected chi connectivity index (χ0v) is 12.7. The SMILES string of the molecule is CC(=O)O.CCCCC/C=C/CCCCCCCO. The molecule has 19 heavy (non-hydrogen) atoms. The Kier molecular flexibility index (Phi) is 21.0. The number of carbonyl (C=O) groups is 1. The normalized spacial score (nSPS) is 10.3. The summed E-state index contributed by atoms with van der Waals surface area (Å²) in [4.78, 5) is 9.00. The quantitative estimate of drug-likeness (QED) is 0.428. The van der Waals surface area contributed by atoms with Crippen molar-refractivity contribution in [3.05, 3.63) is 12.2 Å². The van der Waals surface area contributed by atoms with Gasteiger partial charge in [0.15, 0.2) is 0 Å². The van der Waals surface area contributed by atoms with Crippen molar-refractivity contribution in [2.24, 2.45) is 0 Å². The molecule has 0 aromatic carbocycles. The topological polar surface area (TPSA) is 57.5 Å². The Morgan fingerprint density at radius 2 is 1.32 bits per heavy atom. The van der Waals surface area contributed by atoms with Crippen LogP contribution in [0.2, 0.25) is 0 Å². The number of rotatable bonds is 11. The van der Waals surface area contributed by atoms with Gasteiger partial charge >= 0.3 is 0 Å². The summed E-state index contributed by atoms with van der Waals surface area (Å²) < 4.78 is 0. The lowest BCUT2D eigenvalue weighted by Crippen LogP contribution is -1.83. The van der Waals surface area contributed by atoms with Crippen molar-refractivity contribution in [2.45, 2.75) is 78.1 Å². The van der Waals surface area contributed by atoms with E-state index in [9.17, 15) is 0 Å². The summed E-state index contributed by atoms with van der Waals surface area (Å²) in [6.45, 7) is 3.69. The fourth-order valence-electron chi connectivity index (χ4n) is 1.65. The lowest BCUT2D eigenvalue weighted by Gasteiger charge is -1.97. The van der Waals surface area contributed by atoms with Crippen LogP contribution in [0.15, 0.2) is 12.2 Å². The smallest absolute Gasteiger partial charge is 0.300 e. The molecule has 3 heteroatoms. The van der Waals surface area contributed by atoms with Crippen LogP contribution < -0.4 is 0 Å². The van der Waals surface area contributed by atoms with Crippen LogP contribution in [-0.2, 0) is 4.79 Å². The Hall–Kier alpha value is -0.830. The first-order valence-electron chi connectivity index (χ1n) is 7.60. The number of unbranched alkanes of at least 4 members (excludes halogenated alkanes) is 8. The Bertz CT molecular complexity index is 196. The van der Waals surface area contributed by atoms with Crippen LogP contribution in [0.3, 0.4) is 0 Å². The van der Waals surface area contributed by atoms with Gasteiger partial charge in [0, 0.05) is 13.5 Å². The van der Waals surface area contributed by atoms with Crippen molar-refractivity contribution in [2.75, 3.05) is 6.61 Å². The van der Waals surface area contributed by atoms with E-state index in [1.165, 1.54) is 57.8 Å². The molecule has 0 aromatic rings. The van der Waals surface area contributed by atoms with Crippen LogP contribution in [0.25, 0.3) is 0 Å². The van der Waals surface area contributed by atoms with Crippen LogP contribution >= 0.6 is 0 Å². The van der Waals surface area contributed by atoms with E-state index in [2.05, 4.69) is 19.1 Å². The van der Waals surface area contributed by atoms with Gasteiger partial charge in [-0.2, -0.15) is 0 Å². The monoisotopic (exact) mass is 272 g/mol. The van der Waals surface area contributed by atoms with E-state index in [0.717, 1.165) is 13.3 Å². The summed E-state index contributed by atoms with van der Waals surface area (Å²) >= 11 is 0. The van der Waals surface area contributed by atoms with E-state index in [4.69, 9.17) is 15.0 Å². The third kappa shape index (κ3) is 31.7. The molecule has 0 fully saturated rings. The summed E-state index contributed by atoms with van der Waals surface area (Å²) in [6.07, 6.45) is 17.3. The second-order valence-corrected chi connectivity index (χ2v) is 4.77. The third-order valence-corrected chi connectivity index (χ3v) is 2.67. The van der Waals surface area contributed by atoms with Crippen molar-refractivity contribution in [3.8, 4) is 0 Å². The van der Waals surface area contributed by atoms with Gasteiger partial charge in [-0.05, 0) is 32.1 Å². The Morgan fingerprint density at radius 3 is 1.79 bits per heavy atom. The molecule has 0 aromatic heterocycles. The Morgan fingerprint density at radius 1 is 0.895 bits per heavy atom. The predicted octanol–water partition coefficient (Wildman–Crippen LogP) is 4.55. The van der Waals surface area contributed by atoms with Crippen molar-refractivity contribution in [1.29, 1.82) is 0 Å². The Balaban J connectivity index is 0. The zero-order valence-electron chi connectivity index (χ0n) is 12.7. The molecule has 0 spiro atoms. The van der Waals surface area contributed by atoms with Crippen LogP contribution in [-0.4, -0.2) is 22.8 Å². The molecule has 114 valence electrons. The van der Waals surface area contributed by atoms with Crippen LogP contribution in [0.1, 0.15) is 78.1 Å². The van der Waals surface area contributed by atoms with Gasteiger partial charge in [0.25, 0.3) is 5.97 Å². The first kappa shape index (κ1) is 20.5. The van der Waals surface area contributed by atoms with E-state index in [1.54, 1.807) is 0 Å². The van der Waals surface area contributed by atoms with Gasteiger partial charge < -0.3 is 10.2 Å². The van der Waals surface area contributed by atoms with E-state index < -0.39 is 5.97 Å². The number of aliphatic hydroxyl groups is 1. The van der Waals surface area contributed by atoms with E-state index in [0.29, 0.717) is 6.61 Å². The number of hydrogen-bond donors (Lipinski definition) is 2. The molecule has 0 aliphatic heterocycles. The summed E-state index contributed by atoms with van der Waals surface area (Å²) in [6, 6.07) is 0. The zero-order chi connectivity index (χ0) is 14.8. The maximum absolute atomic E-state index is 9.00. The summed E-state index contributed by atoms with van der Waals surface area (Å²) in [5.74, 6) is -0.833. The molecule has 0 saturated heterocycles. The number of allylic oxidation sites excluding steroid dienone is 2. The average Bonchev–Trinajstić information content (AvgIpc) is 2.35. The molecule has 0 unspecified atom stereocenters. The van der Waals surface area contributed by atoms with E-state index in [1.807, 2.05) is 0 Å². The van der Waals surface area contributed by atoms with E-state index in [-0.39, 0.29) is 0 Å². The molecule has 2 N–H and O–H groups in total. The van der Waals surface area contributed by atoms with Gasteiger partial charge in [0.05, 0.1) is 0 Å². The number of hydrogen-bond acceptors (Lipinski definition) is 2. The lowest BCUT2D eigenvalue weighted by atomic mass is 10.1. The highest BCUT2D eigenvalue weighted by atomic mass is 16.4. The second-order valence-electron chi connectivity index (χ2n) is 4.77. The highest BCUT2D eigenvalue weighted by Crippen LogP contribution is 2.06. The highest BCUT2D eigenvalue weighted by molar-refractivity contribution is 5.62. The van der Waals surface area contributed by atoms with Crippen molar-refractivity contribution in [1.82, 2.24) is 0 Å². The average molecular weight is 272 g/mol. The van der Waals surface area contributed by atoms with Gasteiger partial charge in [0.1, 0.15) is 0 Å². The molecule has 0 saturated carbocycles. The molecule has 0 aliphatic carbocycles. The summed E-state index contributed by atoms with van der Waals surface area (Å²) in [5, 5.41) is 16.0. The van der Waals surface area contributed by atoms with E-state index >= 15 is 0 Å². The summed E-state index contributed by atoms with van der Waals surface area (Å²) in [7, 11) is 0. The van der Waals surface area contributed by atoms with Crippen LogP contribution in [0, 0.1) is 0 Å². The van der Waals surface area contributed by atoms with Crippen LogP contribution in [0.4, 0.5) is 0 Å². The molecular formula is C16H32O3. The minimum Gasteiger partial charge on any atom is -0.481 e. The molecule has 0 amide bonds. The summed E-state index contributed by atoms with van der Waals surface area (Å²) in [5.41, 5.74) is 0. The van der Waals surface area contributed by atoms with Gasteiger partial charge in [-0.15, -0.1) is 0 Å². The molecule has 0 bridgehead atoms. The van der Waals surface area contributed by atoms with Crippen molar-refractivity contribution < 1.29 is 15.0 Å². The molecule has 0 rings (SSSR count). The number of aliphatic carboxylic acids is 1. The molecule has 0 radical (unpaired) electrons. The fraction of sp³-hybridized carbons (Fsp3) is 0.812. The number of carboxylic acids is 1. The molecule has 0 atom stereocenters. The molecule has 0 aliphatic rings. The molecular weight excluding hydrogens is 240 g/mol. The fourth-order valence-corrected chi connectivity index (χ4v) is 1.65. The molecule has 3 nitrogen and oxygen atoms in total. The minimum absolute atomic E-state index is 0.358. The largest absolute Gasteiger partial charge is 0.481 e. The number of carboxylic acid groups (broad SMARTS) is 1. The van der Waals surface area contributed by atoms with Gasteiger partial charge in [-0.1, -0.05) is 51.2 Å². The van der Waals surface area contributed by atoms with Gasteiger partial charge in [-0.25, -0.2) is 0 Å². The van der Waals surface area contributed by atoms with Crippen molar-refractivity contribution >= 4 is 5.97 Å². The van der Waals surface area contributed by atoms with Gasteiger partial charge in [-0.3, -0.25) is 4.79 Å². The first-order valence-corrected chi connectivity index (χ1v) is 7.60. The van der Waals surface area contributed by atoms with Crippen LogP contribution in [0.5, 0.6) is 0 Å². The van der Waals surface area contributed by atoms with Crippen molar-refractivity contribution in [3.63, 3.8) is 0 Å². The molecule has 0 heterocycles. The Labute approximate surface area is 118 Å². The predicted molar refractivity (Wildman–Crippen MR) is 81.4 cm³/mol. The maximum Gasteiger partial charge on any atom is 0.300 e. The second kappa shape index (κ2) is 19.5. The standard InChI is InChI=1S/C14H28O.C2H4O2/c1-2-3-4-5-6-7-8-9-10-11-12-13-14-15;1-2(3)4/h6-7,15H,2-5,8-14H2,1H3;1H3,(H,3,4)/b7-6+;. The number of aliphatic hydroxyl groups excluding tert-OH is 1. The first-order chi connectivity index (χ1) is 9.15. The maximum atomic E-state index is 9.00. The highest BCUT2D eigenvalue weighted by Gasteiger charge is 1.88.